The third-order valence-electron chi connectivity index (χ3n) is 3.12. The monoisotopic (exact) mass is 209 g/mol. The first-order valence-electron chi connectivity index (χ1n) is 5.59. The summed E-state index contributed by atoms with van der Waals surface area (Å²) in [5.74, 6) is 0.920. The van der Waals surface area contributed by atoms with Crippen LogP contribution < -0.4 is 5.32 Å². The highest BCUT2D eigenvalue weighted by molar-refractivity contribution is 7.07. The molecule has 1 aromatic rings. The molecule has 1 aliphatic rings. The van der Waals surface area contributed by atoms with Crippen LogP contribution in [0.2, 0.25) is 0 Å². The third kappa shape index (κ3) is 2.82. The maximum atomic E-state index is 3.62. The van der Waals surface area contributed by atoms with Crippen LogP contribution in [0.4, 0.5) is 0 Å². The van der Waals surface area contributed by atoms with E-state index in [1.165, 1.54) is 37.8 Å². The van der Waals surface area contributed by atoms with Crippen molar-refractivity contribution in [2.75, 3.05) is 6.54 Å². The van der Waals surface area contributed by atoms with Gasteiger partial charge in [0.25, 0.3) is 0 Å². The Labute approximate surface area is 90.5 Å². The highest BCUT2D eigenvalue weighted by atomic mass is 32.1. The van der Waals surface area contributed by atoms with Crippen molar-refractivity contribution < 1.29 is 0 Å². The third-order valence-corrected chi connectivity index (χ3v) is 3.85. The molecule has 1 fully saturated rings. The summed E-state index contributed by atoms with van der Waals surface area (Å²) in [6.07, 6.45) is 5.27. The number of rotatable bonds is 3. The lowest BCUT2D eigenvalue weighted by Crippen LogP contribution is -2.37. The number of thiophene rings is 1. The van der Waals surface area contributed by atoms with Crippen molar-refractivity contribution in [2.45, 2.75) is 38.6 Å². The molecule has 2 atom stereocenters. The molecule has 1 nitrogen and oxygen atoms in total. The second-order valence-electron chi connectivity index (χ2n) is 4.45. The Bertz CT molecular complexity index is 255. The molecule has 0 spiro atoms. The molecule has 2 rings (SSSR count). The molecule has 1 saturated heterocycles. The van der Waals surface area contributed by atoms with E-state index in [-0.39, 0.29) is 0 Å². The van der Waals surface area contributed by atoms with Crippen LogP contribution in [0.15, 0.2) is 16.8 Å². The van der Waals surface area contributed by atoms with Gasteiger partial charge in [0.15, 0.2) is 0 Å². The van der Waals surface area contributed by atoms with Crippen LogP contribution in [0.5, 0.6) is 0 Å². The first-order chi connectivity index (χ1) is 6.84. The molecule has 0 aliphatic carbocycles. The van der Waals surface area contributed by atoms with Gasteiger partial charge in [-0.1, -0.05) is 6.92 Å². The van der Waals surface area contributed by atoms with Crippen LogP contribution in [-0.2, 0) is 6.42 Å². The van der Waals surface area contributed by atoms with E-state index in [1.54, 1.807) is 11.3 Å². The smallest absolute Gasteiger partial charge is 0.00727 e. The lowest BCUT2D eigenvalue weighted by molar-refractivity contribution is 0.308. The molecule has 0 amide bonds. The molecule has 0 bridgehead atoms. The fourth-order valence-corrected chi connectivity index (χ4v) is 2.92. The van der Waals surface area contributed by atoms with E-state index in [0.717, 1.165) is 12.0 Å². The molecule has 0 radical (unpaired) electrons. The zero-order valence-corrected chi connectivity index (χ0v) is 9.65. The summed E-state index contributed by atoms with van der Waals surface area (Å²) in [6, 6.07) is 3.01. The first-order valence-corrected chi connectivity index (χ1v) is 6.53. The Hall–Kier alpha value is -0.340. The predicted molar refractivity (Wildman–Crippen MR) is 62.8 cm³/mol. The van der Waals surface area contributed by atoms with Gasteiger partial charge in [0.1, 0.15) is 0 Å². The molecule has 78 valence electrons. The van der Waals surface area contributed by atoms with Gasteiger partial charge in [-0.3, -0.25) is 0 Å². The maximum absolute atomic E-state index is 3.62. The Kier molecular flexibility index (Phi) is 3.60. The predicted octanol–water partition coefficient (Wildman–Crippen LogP) is 3.07. The molecule has 2 heterocycles. The van der Waals surface area contributed by atoms with Crippen LogP contribution in [0.25, 0.3) is 0 Å². The van der Waals surface area contributed by atoms with Crippen molar-refractivity contribution in [1.82, 2.24) is 5.32 Å². The lowest BCUT2D eigenvalue weighted by atomic mass is 9.91. The fraction of sp³-hybridized carbons (Fsp3) is 0.667. The summed E-state index contributed by atoms with van der Waals surface area (Å²) >= 11 is 1.81. The number of hydrogen-bond acceptors (Lipinski definition) is 2. The van der Waals surface area contributed by atoms with Gasteiger partial charge in [-0.15, -0.1) is 0 Å². The van der Waals surface area contributed by atoms with Gasteiger partial charge in [-0.05, 0) is 60.5 Å². The van der Waals surface area contributed by atoms with Crippen molar-refractivity contribution in [1.29, 1.82) is 0 Å². The molecule has 2 unspecified atom stereocenters. The zero-order chi connectivity index (χ0) is 9.80. The van der Waals surface area contributed by atoms with Crippen LogP contribution >= 0.6 is 11.3 Å². The van der Waals surface area contributed by atoms with Gasteiger partial charge in [0.05, 0.1) is 0 Å². The highest BCUT2D eigenvalue weighted by Gasteiger charge is 2.17. The molecular weight excluding hydrogens is 190 g/mol. The average molecular weight is 209 g/mol. The fourth-order valence-electron chi connectivity index (χ4n) is 2.22. The second kappa shape index (κ2) is 4.94. The number of aryl methyl sites for hydroxylation is 1. The number of hydrogen-bond donors (Lipinski definition) is 1. The van der Waals surface area contributed by atoms with Crippen molar-refractivity contribution >= 4 is 11.3 Å². The molecule has 1 N–H and O–H groups in total. The topological polar surface area (TPSA) is 12.0 Å². The maximum Gasteiger partial charge on any atom is 0.00727 e. The standard InChI is InChI=1S/C12H19NS/c1-10-4-6-13-12(8-10)3-2-11-5-7-14-9-11/h5,7,9-10,12-13H,2-4,6,8H2,1H3. The summed E-state index contributed by atoms with van der Waals surface area (Å²) in [7, 11) is 0. The van der Waals surface area contributed by atoms with Gasteiger partial charge in [0.2, 0.25) is 0 Å². The van der Waals surface area contributed by atoms with Gasteiger partial charge in [-0.25, -0.2) is 0 Å². The minimum atomic E-state index is 0.763. The van der Waals surface area contributed by atoms with Crippen LogP contribution in [0.3, 0.4) is 0 Å². The van der Waals surface area contributed by atoms with Gasteiger partial charge in [-0.2, -0.15) is 11.3 Å². The van der Waals surface area contributed by atoms with Crippen molar-refractivity contribution in [3.63, 3.8) is 0 Å². The van der Waals surface area contributed by atoms with Gasteiger partial charge >= 0.3 is 0 Å². The summed E-state index contributed by atoms with van der Waals surface area (Å²) in [5, 5.41) is 8.06. The van der Waals surface area contributed by atoms with Crippen LogP contribution in [-0.4, -0.2) is 12.6 Å². The van der Waals surface area contributed by atoms with Crippen molar-refractivity contribution in [2.24, 2.45) is 5.92 Å². The summed E-state index contributed by atoms with van der Waals surface area (Å²) < 4.78 is 0. The first kappa shape index (κ1) is 10.2. The van der Waals surface area contributed by atoms with E-state index in [9.17, 15) is 0 Å². The SMILES string of the molecule is CC1CCNC(CCc2ccsc2)C1. The molecular formula is C12H19NS. The van der Waals surface area contributed by atoms with Gasteiger partial charge in [0, 0.05) is 6.04 Å². The molecule has 2 heteroatoms. The molecule has 1 aliphatic heterocycles. The van der Waals surface area contributed by atoms with Crippen LogP contribution in [0.1, 0.15) is 31.7 Å². The Morgan fingerprint density at radius 2 is 2.50 bits per heavy atom. The van der Waals surface area contributed by atoms with E-state index in [0.29, 0.717) is 0 Å². The lowest BCUT2D eigenvalue weighted by Gasteiger charge is -2.28. The summed E-state index contributed by atoms with van der Waals surface area (Å²) in [5.41, 5.74) is 1.51. The van der Waals surface area contributed by atoms with Crippen LogP contribution in [0, 0.1) is 5.92 Å². The molecule has 1 aromatic heterocycles. The van der Waals surface area contributed by atoms with E-state index in [4.69, 9.17) is 0 Å². The normalized spacial score (nSPS) is 27.8. The van der Waals surface area contributed by atoms with Gasteiger partial charge < -0.3 is 5.32 Å². The zero-order valence-electron chi connectivity index (χ0n) is 8.83. The Morgan fingerprint density at radius 1 is 1.57 bits per heavy atom. The van der Waals surface area contributed by atoms with E-state index in [2.05, 4.69) is 29.1 Å². The summed E-state index contributed by atoms with van der Waals surface area (Å²) in [4.78, 5) is 0. The number of nitrogens with one attached hydrogen (secondary N) is 1. The van der Waals surface area contributed by atoms with E-state index < -0.39 is 0 Å². The quantitative estimate of drug-likeness (QED) is 0.806. The average Bonchev–Trinajstić information content (AvgIpc) is 2.67. The van der Waals surface area contributed by atoms with Crippen molar-refractivity contribution in [3.8, 4) is 0 Å². The highest BCUT2D eigenvalue weighted by Crippen LogP contribution is 2.19. The number of piperidine rings is 1. The second-order valence-corrected chi connectivity index (χ2v) is 5.23. The Balaban J connectivity index is 1.75. The van der Waals surface area contributed by atoms with Crippen molar-refractivity contribution in [3.05, 3.63) is 22.4 Å². The minimum Gasteiger partial charge on any atom is -0.314 e. The molecule has 0 aromatic carbocycles. The molecule has 0 saturated carbocycles. The summed E-state index contributed by atoms with van der Waals surface area (Å²) in [6.45, 7) is 3.59. The minimum absolute atomic E-state index is 0.763. The Morgan fingerprint density at radius 3 is 3.21 bits per heavy atom. The largest absolute Gasteiger partial charge is 0.314 e. The van der Waals surface area contributed by atoms with E-state index in [1.807, 2.05) is 0 Å². The molecule has 14 heavy (non-hydrogen) atoms. The van der Waals surface area contributed by atoms with E-state index >= 15 is 0 Å².